The molecule has 1 aromatic heterocycles. The summed E-state index contributed by atoms with van der Waals surface area (Å²) in [5, 5.41) is 2.14. The molecule has 0 atom stereocenters. The molecule has 1 saturated heterocycles. The fourth-order valence-electron chi connectivity index (χ4n) is 2.88. The smallest absolute Gasteiger partial charge is 0.254 e. The minimum absolute atomic E-state index is 0.185. The Morgan fingerprint density at radius 1 is 1.19 bits per heavy atom. The first-order chi connectivity index (χ1) is 10.3. The highest BCUT2D eigenvalue weighted by molar-refractivity contribution is 7.98. The van der Waals surface area contributed by atoms with E-state index in [1.807, 2.05) is 46.8 Å². The van der Waals surface area contributed by atoms with E-state index >= 15 is 0 Å². The van der Waals surface area contributed by atoms with Gasteiger partial charge in [0.1, 0.15) is 0 Å². The van der Waals surface area contributed by atoms with Gasteiger partial charge in [-0.15, -0.1) is 23.1 Å². The third kappa shape index (κ3) is 3.16. The van der Waals surface area contributed by atoms with Gasteiger partial charge in [0.15, 0.2) is 0 Å². The quantitative estimate of drug-likeness (QED) is 0.777. The summed E-state index contributed by atoms with van der Waals surface area (Å²) in [5.41, 5.74) is 0.847. The fraction of sp³-hybridized carbons (Fsp3) is 0.353. The van der Waals surface area contributed by atoms with Gasteiger partial charge in [0, 0.05) is 22.9 Å². The van der Waals surface area contributed by atoms with E-state index < -0.39 is 0 Å². The summed E-state index contributed by atoms with van der Waals surface area (Å²) in [6.07, 6.45) is 4.18. The molecule has 2 heterocycles. The minimum atomic E-state index is 0.185. The molecule has 0 spiro atoms. The molecule has 1 aromatic carbocycles. The van der Waals surface area contributed by atoms with Gasteiger partial charge >= 0.3 is 0 Å². The zero-order valence-corrected chi connectivity index (χ0v) is 13.8. The highest BCUT2D eigenvalue weighted by atomic mass is 32.2. The number of hydrogen-bond acceptors (Lipinski definition) is 3. The first-order valence-electron chi connectivity index (χ1n) is 7.25. The van der Waals surface area contributed by atoms with Crippen molar-refractivity contribution in [2.45, 2.75) is 23.7 Å². The number of carbonyl (C=O) groups is 1. The molecule has 2 nitrogen and oxygen atoms in total. The van der Waals surface area contributed by atoms with Crippen molar-refractivity contribution in [3.8, 4) is 0 Å². The Bertz CT molecular complexity index is 601. The Morgan fingerprint density at radius 3 is 2.62 bits per heavy atom. The zero-order valence-electron chi connectivity index (χ0n) is 12.1. The van der Waals surface area contributed by atoms with E-state index in [2.05, 4.69) is 17.5 Å². The van der Waals surface area contributed by atoms with E-state index in [1.165, 1.54) is 4.88 Å². The average molecular weight is 317 g/mol. The van der Waals surface area contributed by atoms with Crippen LogP contribution in [0.4, 0.5) is 0 Å². The van der Waals surface area contributed by atoms with Crippen molar-refractivity contribution in [1.29, 1.82) is 0 Å². The summed E-state index contributed by atoms with van der Waals surface area (Å²) in [7, 11) is 0. The summed E-state index contributed by atoms with van der Waals surface area (Å²) >= 11 is 3.48. The molecule has 0 unspecified atom stereocenters. The number of thioether (sulfide) groups is 1. The third-order valence-corrected chi connectivity index (χ3v) is 5.90. The van der Waals surface area contributed by atoms with Crippen LogP contribution in [0.15, 0.2) is 46.7 Å². The summed E-state index contributed by atoms with van der Waals surface area (Å²) in [4.78, 5) is 17.2. The molecule has 1 amide bonds. The number of thiophene rings is 1. The second-order valence-corrected chi connectivity index (χ2v) is 7.11. The Kier molecular flexibility index (Phi) is 4.66. The van der Waals surface area contributed by atoms with Crippen LogP contribution < -0.4 is 0 Å². The van der Waals surface area contributed by atoms with E-state index in [0.717, 1.165) is 36.4 Å². The first kappa shape index (κ1) is 14.7. The normalized spacial score (nSPS) is 16.1. The minimum Gasteiger partial charge on any atom is -0.339 e. The number of amides is 1. The molecule has 4 heteroatoms. The van der Waals surface area contributed by atoms with Crippen molar-refractivity contribution >= 4 is 29.0 Å². The molecule has 0 radical (unpaired) electrons. The number of rotatable bonds is 3. The summed E-state index contributed by atoms with van der Waals surface area (Å²) in [5.74, 6) is 0.814. The Balaban J connectivity index is 1.68. The Hall–Kier alpha value is -1.26. The molecule has 0 bridgehead atoms. The number of nitrogens with zero attached hydrogens (tertiary/aromatic N) is 1. The van der Waals surface area contributed by atoms with Crippen LogP contribution in [0, 0.1) is 0 Å². The molecule has 1 aliphatic heterocycles. The second kappa shape index (κ2) is 6.67. The van der Waals surface area contributed by atoms with Crippen molar-refractivity contribution in [3.05, 3.63) is 52.2 Å². The maximum Gasteiger partial charge on any atom is 0.254 e. The van der Waals surface area contributed by atoms with Crippen LogP contribution in [0.3, 0.4) is 0 Å². The molecule has 1 fully saturated rings. The molecule has 0 N–H and O–H groups in total. The summed E-state index contributed by atoms with van der Waals surface area (Å²) in [6.45, 7) is 1.73. The van der Waals surface area contributed by atoms with Crippen LogP contribution in [0.5, 0.6) is 0 Å². The van der Waals surface area contributed by atoms with Gasteiger partial charge in [-0.05, 0) is 48.6 Å². The van der Waals surface area contributed by atoms with Crippen molar-refractivity contribution in [3.63, 3.8) is 0 Å². The molecular weight excluding hydrogens is 298 g/mol. The highest BCUT2D eigenvalue weighted by Gasteiger charge is 2.25. The Labute approximate surface area is 134 Å². The average Bonchev–Trinajstić information content (AvgIpc) is 3.09. The van der Waals surface area contributed by atoms with Crippen molar-refractivity contribution < 1.29 is 4.79 Å². The Morgan fingerprint density at radius 2 is 1.95 bits per heavy atom. The monoisotopic (exact) mass is 317 g/mol. The van der Waals surface area contributed by atoms with Gasteiger partial charge in [0.05, 0.1) is 5.56 Å². The zero-order chi connectivity index (χ0) is 14.7. The lowest BCUT2D eigenvalue weighted by Crippen LogP contribution is -2.38. The van der Waals surface area contributed by atoms with Crippen molar-refractivity contribution in [2.24, 2.45) is 0 Å². The summed E-state index contributed by atoms with van der Waals surface area (Å²) < 4.78 is 0. The van der Waals surface area contributed by atoms with Gasteiger partial charge in [0.25, 0.3) is 5.91 Å². The van der Waals surface area contributed by atoms with Gasteiger partial charge < -0.3 is 4.90 Å². The molecular formula is C17H19NOS2. The van der Waals surface area contributed by atoms with Gasteiger partial charge in [-0.1, -0.05) is 18.2 Å². The number of carbonyl (C=O) groups excluding carboxylic acids is 1. The van der Waals surface area contributed by atoms with Crippen LogP contribution in [-0.2, 0) is 0 Å². The highest BCUT2D eigenvalue weighted by Crippen LogP contribution is 2.32. The largest absolute Gasteiger partial charge is 0.339 e. The molecule has 110 valence electrons. The third-order valence-electron chi connectivity index (χ3n) is 4.07. The second-order valence-electron chi connectivity index (χ2n) is 5.28. The maximum atomic E-state index is 12.7. The van der Waals surface area contributed by atoms with E-state index in [4.69, 9.17) is 0 Å². The van der Waals surface area contributed by atoms with Crippen LogP contribution >= 0.6 is 23.1 Å². The van der Waals surface area contributed by atoms with Crippen LogP contribution in [0.25, 0.3) is 0 Å². The fourth-order valence-corrected chi connectivity index (χ4v) is 4.37. The van der Waals surface area contributed by atoms with E-state index in [1.54, 1.807) is 11.8 Å². The molecule has 0 saturated carbocycles. The number of hydrogen-bond donors (Lipinski definition) is 0. The molecule has 21 heavy (non-hydrogen) atoms. The van der Waals surface area contributed by atoms with Crippen molar-refractivity contribution in [1.82, 2.24) is 4.90 Å². The maximum absolute atomic E-state index is 12.7. The lowest BCUT2D eigenvalue weighted by atomic mass is 9.95. The molecule has 3 rings (SSSR count). The van der Waals surface area contributed by atoms with E-state index in [9.17, 15) is 4.79 Å². The molecule has 0 aliphatic carbocycles. The predicted molar refractivity (Wildman–Crippen MR) is 90.4 cm³/mol. The molecule has 1 aliphatic rings. The van der Waals surface area contributed by atoms with E-state index in [0.29, 0.717) is 5.92 Å². The van der Waals surface area contributed by atoms with Gasteiger partial charge in [0.2, 0.25) is 0 Å². The topological polar surface area (TPSA) is 20.3 Å². The summed E-state index contributed by atoms with van der Waals surface area (Å²) in [6, 6.07) is 12.2. The lowest BCUT2D eigenvalue weighted by Gasteiger charge is -2.32. The van der Waals surface area contributed by atoms with Gasteiger partial charge in [-0.25, -0.2) is 0 Å². The van der Waals surface area contributed by atoms with Gasteiger partial charge in [-0.2, -0.15) is 0 Å². The SMILES string of the molecule is CSc1ccccc1C(=O)N1CCC(c2cccs2)CC1. The predicted octanol–water partition coefficient (Wildman–Crippen LogP) is 4.49. The van der Waals surface area contributed by atoms with Crippen molar-refractivity contribution in [2.75, 3.05) is 19.3 Å². The number of benzene rings is 1. The van der Waals surface area contributed by atoms with Crippen LogP contribution in [-0.4, -0.2) is 30.2 Å². The van der Waals surface area contributed by atoms with E-state index in [-0.39, 0.29) is 5.91 Å². The number of likely N-dealkylation sites (tertiary alicyclic amines) is 1. The lowest BCUT2D eigenvalue weighted by molar-refractivity contribution is 0.0710. The standard InChI is InChI=1S/C17H19NOS2/c1-20-16-6-3-2-5-14(16)17(19)18-10-8-13(9-11-18)15-7-4-12-21-15/h2-7,12-13H,8-11H2,1H3. The van der Waals surface area contributed by atoms with Crippen LogP contribution in [0.2, 0.25) is 0 Å². The van der Waals surface area contributed by atoms with Gasteiger partial charge in [-0.3, -0.25) is 4.79 Å². The molecule has 2 aromatic rings. The number of piperidine rings is 1. The first-order valence-corrected chi connectivity index (χ1v) is 9.35. The van der Waals surface area contributed by atoms with Crippen LogP contribution in [0.1, 0.15) is 34.0 Å².